The molecule has 1 unspecified atom stereocenters. The standard InChI is InChI=1S/C29H46N4O8/c1-5-38-26(34)14-10-13-25(29(37)41-8-4)33-17-15-31(21-27(35)39-6-2)19-23-11-9-12-24(30-23)20-32(16-18-33)22-28(36)40-7-3/h9,11-12,25H,5-8,10,13-22H2,1-4H3. The van der Waals surface area contributed by atoms with Crippen LogP contribution in [0, 0.1) is 0 Å². The number of aromatic nitrogens is 1. The first-order valence-corrected chi connectivity index (χ1v) is 14.6. The van der Waals surface area contributed by atoms with Gasteiger partial charge in [-0.25, -0.2) is 0 Å². The van der Waals surface area contributed by atoms with Crippen molar-refractivity contribution >= 4 is 23.9 Å². The van der Waals surface area contributed by atoms with E-state index in [-0.39, 0.29) is 63.2 Å². The van der Waals surface area contributed by atoms with Gasteiger partial charge in [0.05, 0.1) is 50.9 Å². The maximum Gasteiger partial charge on any atom is 0.323 e. The number of hydrogen-bond donors (Lipinski definition) is 0. The molecule has 1 aromatic heterocycles. The second kappa shape index (κ2) is 19.1. The minimum atomic E-state index is -0.614. The van der Waals surface area contributed by atoms with E-state index in [1.165, 1.54) is 0 Å². The first kappa shape index (κ1) is 34.1. The summed E-state index contributed by atoms with van der Waals surface area (Å²) in [7, 11) is 0. The van der Waals surface area contributed by atoms with Gasteiger partial charge >= 0.3 is 23.9 Å². The summed E-state index contributed by atoms with van der Waals surface area (Å²) in [6, 6.07) is 5.11. The molecular formula is C29H46N4O8. The van der Waals surface area contributed by atoms with Crippen molar-refractivity contribution in [1.29, 1.82) is 0 Å². The predicted octanol–water partition coefficient (Wildman–Crippen LogP) is 1.79. The lowest BCUT2D eigenvalue weighted by Gasteiger charge is -2.34. The summed E-state index contributed by atoms with van der Waals surface area (Å²) in [5, 5.41) is 0. The first-order valence-electron chi connectivity index (χ1n) is 14.6. The third kappa shape index (κ3) is 13.0. The van der Waals surface area contributed by atoms with E-state index in [2.05, 4.69) is 0 Å². The van der Waals surface area contributed by atoms with Crippen LogP contribution in [0.25, 0.3) is 0 Å². The predicted molar refractivity (Wildman–Crippen MR) is 151 cm³/mol. The van der Waals surface area contributed by atoms with Crippen molar-refractivity contribution in [1.82, 2.24) is 19.7 Å². The normalized spacial score (nSPS) is 16.1. The fraction of sp³-hybridized carbons (Fsp3) is 0.690. The van der Waals surface area contributed by atoms with Crippen LogP contribution in [0.15, 0.2) is 18.2 Å². The zero-order valence-electron chi connectivity index (χ0n) is 25.0. The lowest BCUT2D eigenvalue weighted by atomic mass is 10.1. The second-order valence-electron chi connectivity index (χ2n) is 9.65. The summed E-state index contributed by atoms with van der Waals surface area (Å²) < 4.78 is 20.9. The molecule has 12 heteroatoms. The quantitative estimate of drug-likeness (QED) is 0.236. The van der Waals surface area contributed by atoms with Crippen molar-refractivity contribution in [3.63, 3.8) is 0 Å². The molecule has 0 aliphatic carbocycles. The summed E-state index contributed by atoms with van der Waals surface area (Å²) >= 11 is 0. The molecule has 1 aliphatic heterocycles. The molecule has 41 heavy (non-hydrogen) atoms. The van der Waals surface area contributed by atoms with Gasteiger partial charge in [0.2, 0.25) is 0 Å². The molecule has 1 aromatic rings. The largest absolute Gasteiger partial charge is 0.466 e. The van der Waals surface area contributed by atoms with Gasteiger partial charge in [0.15, 0.2) is 0 Å². The van der Waals surface area contributed by atoms with Gasteiger partial charge in [-0.2, -0.15) is 0 Å². The Labute approximate surface area is 243 Å². The van der Waals surface area contributed by atoms with Gasteiger partial charge in [0, 0.05) is 45.7 Å². The van der Waals surface area contributed by atoms with Gasteiger partial charge in [0.1, 0.15) is 6.04 Å². The lowest BCUT2D eigenvalue weighted by Crippen LogP contribution is -2.49. The molecule has 0 aromatic carbocycles. The van der Waals surface area contributed by atoms with E-state index in [0.29, 0.717) is 58.7 Å². The number of pyridine rings is 1. The Bertz CT molecular complexity index is 927. The molecule has 0 saturated carbocycles. The summed E-state index contributed by atoms with van der Waals surface area (Å²) in [5.74, 6) is -1.35. The highest BCUT2D eigenvalue weighted by Crippen LogP contribution is 2.15. The van der Waals surface area contributed by atoms with Crippen molar-refractivity contribution in [2.45, 2.75) is 66.1 Å². The molecule has 12 nitrogen and oxygen atoms in total. The van der Waals surface area contributed by atoms with E-state index in [4.69, 9.17) is 23.9 Å². The van der Waals surface area contributed by atoms with E-state index in [0.717, 1.165) is 11.4 Å². The van der Waals surface area contributed by atoms with Crippen LogP contribution in [-0.2, 0) is 51.2 Å². The van der Waals surface area contributed by atoms with Gasteiger partial charge in [-0.3, -0.25) is 38.9 Å². The Kier molecular flexibility index (Phi) is 15.9. The van der Waals surface area contributed by atoms with Crippen LogP contribution >= 0.6 is 0 Å². The number of carbonyl (C=O) groups is 4. The highest BCUT2D eigenvalue weighted by atomic mass is 16.5. The third-order valence-electron chi connectivity index (χ3n) is 6.52. The van der Waals surface area contributed by atoms with Crippen molar-refractivity contribution in [2.24, 2.45) is 0 Å². The molecule has 2 bridgehead atoms. The number of carbonyl (C=O) groups excluding carboxylic acids is 4. The van der Waals surface area contributed by atoms with Gasteiger partial charge in [-0.1, -0.05) is 6.07 Å². The fourth-order valence-electron chi connectivity index (χ4n) is 4.69. The number of ether oxygens (including phenoxy) is 4. The smallest absolute Gasteiger partial charge is 0.323 e. The number of hydrogen-bond acceptors (Lipinski definition) is 12. The zero-order valence-corrected chi connectivity index (χ0v) is 25.0. The SMILES string of the molecule is CCOC(=O)CCCC(C(=O)OCC)N1CCN(CC(=O)OCC)Cc2cccc(n2)CN(CC(=O)OCC)CC1. The van der Waals surface area contributed by atoms with E-state index in [9.17, 15) is 19.2 Å². The number of fused-ring (bicyclic) bond motifs is 2. The fourth-order valence-corrected chi connectivity index (χ4v) is 4.69. The highest BCUT2D eigenvalue weighted by Gasteiger charge is 2.29. The van der Waals surface area contributed by atoms with Crippen molar-refractivity contribution in [3.05, 3.63) is 29.6 Å². The maximum absolute atomic E-state index is 13.2. The van der Waals surface area contributed by atoms with Gasteiger partial charge in [-0.15, -0.1) is 0 Å². The monoisotopic (exact) mass is 578 g/mol. The number of esters is 4. The first-order chi connectivity index (χ1) is 19.8. The van der Waals surface area contributed by atoms with Gasteiger partial charge in [-0.05, 0) is 52.7 Å². The Balaban J connectivity index is 2.36. The van der Waals surface area contributed by atoms with Crippen LogP contribution in [0.5, 0.6) is 0 Å². The van der Waals surface area contributed by atoms with Crippen LogP contribution < -0.4 is 0 Å². The average molecular weight is 579 g/mol. The Morgan fingerprint density at radius 2 is 1.22 bits per heavy atom. The molecule has 1 aliphatic rings. The van der Waals surface area contributed by atoms with Crippen LogP contribution in [0.2, 0.25) is 0 Å². The molecular weight excluding hydrogens is 532 g/mol. The minimum absolute atomic E-state index is 0.0789. The zero-order chi connectivity index (χ0) is 30.0. The lowest BCUT2D eigenvalue weighted by molar-refractivity contribution is -0.151. The van der Waals surface area contributed by atoms with Crippen LogP contribution in [0.3, 0.4) is 0 Å². The van der Waals surface area contributed by atoms with E-state index in [1.807, 2.05) is 32.9 Å². The molecule has 1 atom stereocenters. The summed E-state index contributed by atoms with van der Waals surface area (Å²) in [5.41, 5.74) is 1.57. The minimum Gasteiger partial charge on any atom is -0.466 e. The summed E-state index contributed by atoms with van der Waals surface area (Å²) in [4.78, 5) is 60.7. The molecule has 0 N–H and O–H groups in total. The summed E-state index contributed by atoms with van der Waals surface area (Å²) in [6.45, 7) is 10.9. The maximum atomic E-state index is 13.2. The van der Waals surface area contributed by atoms with E-state index >= 15 is 0 Å². The van der Waals surface area contributed by atoms with Crippen LogP contribution in [0.1, 0.15) is 58.3 Å². The highest BCUT2D eigenvalue weighted by molar-refractivity contribution is 5.76. The Hall–Kier alpha value is -3.09. The van der Waals surface area contributed by atoms with Crippen molar-refractivity contribution < 1.29 is 38.1 Å². The van der Waals surface area contributed by atoms with Crippen LogP contribution in [-0.4, -0.2) is 115 Å². The average Bonchev–Trinajstić information content (AvgIpc) is 2.91. The van der Waals surface area contributed by atoms with E-state index < -0.39 is 6.04 Å². The van der Waals surface area contributed by atoms with Crippen molar-refractivity contribution in [3.8, 4) is 0 Å². The Morgan fingerprint density at radius 3 is 1.71 bits per heavy atom. The third-order valence-corrected chi connectivity index (χ3v) is 6.52. The number of nitrogens with zero attached hydrogens (tertiary/aromatic N) is 4. The van der Waals surface area contributed by atoms with Gasteiger partial charge < -0.3 is 18.9 Å². The molecule has 0 fully saturated rings. The van der Waals surface area contributed by atoms with Gasteiger partial charge in [0.25, 0.3) is 0 Å². The molecule has 2 rings (SSSR count). The summed E-state index contributed by atoms with van der Waals surface area (Å²) in [6.07, 6.45) is 1.04. The van der Waals surface area contributed by atoms with Crippen molar-refractivity contribution in [2.75, 3.05) is 65.7 Å². The molecule has 2 heterocycles. The topological polar surface area (TPSA) is 128 Å². The molecule has 0 spiro atoms. The Morgan fingerprint density at radius 1 is 0.732 bits per heavy atom. The number of rotatable bonds is 14. The molecule has 0 radical (unpaired) electrons. The molecule has 0 saturated heterocycles. The van der Waals surface area contributed by atoms with Crippen LogP contribution in [0.4, 0.5) is 0 Å². The molecule has 0 amide bonds. The second-order valence-corrected chi connectivity index (χ2v) is 9.65. The molecule has 230 valence electrons. The van der Waals surface area contributed by atoms with E-state index in [1.54, 1.807) is 27.7 Å².